The van der Waals surface area contributed by atoms with E-state index in [1.807, 2.05) is 47.0 Å². The van der Waals surface area contributed by atoms with Gasteiger partial charge in [-0.05, 0) is 42.8 Å². The molecule has 0 radical (unpaired) electrons. The second-order valence-electron chi connectivity index (χ2n) is 7.49. The maximum atomic E-state index is 14.0. The molecule has 5 aromatic rings. The van der Waals surface area contributed by atoms with Crippen molar-refractivity contribution in [3.05, 3.63) is 96.7 Å². The van der Waals surface area contributed by atoms with E-state index in [9.17, 15) is 4.39 Å². The molecule has 0 aliphatic carbocycles. The summed E-state index contributed by atoms with van der Waals surface area (Å²) in [4.78, 5) is 8.46. The molecule has 35 heavy (non-hydrogen) atoms. The van der Waals surface area contributed by atoms with Gasteiger partial charge in [0.2, 0.25) is 11.7 Å². The minimum atomic E-state index is -0.416. The van der Waals surface area contributed by atoms with Crippen molar-refractivity contribution in [1.82, 2.24) is 29.9 Å². The van der Waals surface area contributed by atoms with Gasteiger partial charge in [-0.1, -0.05) is 47.3 Å². The molecule has 0 aliphatic rings. The van der Waals surface area contributed by atoms with Crippen molar-refractivity contribution in [2.45, 2.75) is 24.6 Å². The summed E-state index contributed by atoms with van der Waals surface area (Å²) in [6.45, 7) is 0.0865. The molecule has 2 aromatic carbocycles. The molecule has 0 bridgehead atoms. The first-order valence-electron chi connectivity index (χ1n) is 11.0. The summed E-state index contributed by atoms with van der Waals surface area (Å²) in [5.41, 5.74) is 1.77. The molecule has 0 fully saturated rings. The zero-order valence-corrected chi connectivity index (χ0v) is 19.4. The Kier molecular flexibility index (Phi) is 7.09. The van der Waals surface area contributed by atoms with Crippen LogP contribution in [0.25, 0.3) is 17.1 Å². The molecular formula is C25H21FN6O2S. The van der Waals surface area contributed by atoms with Crippen LogP contribution < -0.4 is 4.74 Å². The van der Waals surface area contributed by atoms with Crippen LogP contribution in [0.1, 0.15) is 18.1 Å². The van der Waals surface area contributed by atoms with Crippen molar-refractivity contribution in [2.75, 3.05) is 5.75 Å². The molecule has 0 aliphatic heterocycles. The predicted octanol–water partition coefficient (Wildman–Crippen LogP) is 5.16. The number of benzene rings is 2. The lowest BCUT2D eigenvalue weighted by molar-refractivity contribution is 0.278. The Morgan fingerprint density at radius 1 is 0.943 bits per heavy atom. The third-order valence-corrected chi connectivity index (χ3v) is 6.10. The number of hydrogen-bond donors (Lipinski definition) is 0. The van der Waals surface area contributed by atoms with Gasteiger partial charge >= 0.3 is 0 Å². The standard InChI is InChI=1S/C25H21FN6O2S/c26-20-9-4-5-10-21(20)33-17-22-29-30-25(32(22)19-7-2-1-3-8-19)35-16-6-11-23-28-24(31-34-23)18-12-14-27-15-13-18/h1-5,7-10,12-15H,6,11,16-17H2. The average molecular weight is 489 g/mol. The molecule has 176 valence electrons. The summed E-state index contributed by atoms with van der Waals surface area (Å²) in [6.07, 6.45) is 4.85. The number of ether oxygens (including phenoxy) is 1. The number of aromatic nitrogens is 6. The quantitative estimate of drug-likeness (QED) is 0.197. The largest absolute Gasteiger partial charge is 0.483 e. The second kappa shape index (κ2) is 10.9. The highest BCUT2D eigenvalue weighted by molar-refractivity contribution is 7.99. The lowest BCUT2D eigenvalue weighted by atomic mass is 10.2. The highest BCUT2D eigenvalue weighted by atomic mass is 32.2. The molecule has 3 aromatic heterocycles. The van der Waals surface area contributed by atoms with Gasteiger partial charge in [0, 0.05) is 35.8 Å². The molecule has 10 heteroatoms. The molecule has 8 nitrogen and oxygen atoms in total. The first-order valence-corrected chi connectivity index (χ1v) is 12.0. The predicted molar refractivity (Wildman–Crippen MR) is 129 cm³/mol. The van der Waals surface area contributed by atoms with Crippen LogP contribution in [-0.4, -0.2) is 35.6 Å². The lowest BCUT2D eigenvalue weighted by Crippen LogP contribution is -2.07. The summed E-state index contributed by atoms with van der Waals surface area (Å²) < 4.78 is 27.0. The second-order valence-corrected chi connectivity index (χ2v) is 8.55. The summed E-state index contributed by atoms with van der Waals surface area (Å²) in [5.74, 6) is 2.25. The maximum Gasteiger partial charge on any atom is 0.226 e. The fourth-order valence-corrected chi connectivity index (χ4v) is 4.30. The van der Waals surface area contributed by atoms with Crippen molar-refractivity contribution in [1.29, 1.82) is 0 Å². The van der Waals surface area contributed by atoms with Crippen LogP contribution in [0, 0.1) is 5.82 Å². The smallest absolute Gasteiger partial charge is 0.226 e. The van der Waals surface area contributed by atoms with Gasteiger partial charge < -0.3 is 9.26 Å². The van der Waals surface area contributed by atoms with Crippen molar-refractivity contribution in [3.8, 4) is 22.8 Å². The molecular weight excluding hydrogens is 467 g/mol. The fraction of sp³-hybridized carbons (Fsp3) is 0.160. The number of halogens is 1. The Labute approximate surface area is 205 Å². The monoisotopic (exact) mass is 488 g/mol. The molecule has 0 saturated carbocycles. The molecule has 0 saturated heterocycles. The van der Waals surface area contributed by atoms with Gasteiger partial charge in [0.15, 0.2) is 22.5 Å². The highest BCUT2D eigenvalue weighted by Gasteiger charge is 2.16. The minimum Gasteiger partial charge on any atom is -0.483 e. The topological polar surface area (TPSA) is 91.8 Å². The van der Waals surface area contributed by atoms with Crippen LogP contribution in [0.4, 0.5) is 4.39 Å². The van der Waals surface area contributed by atoms with Gasteiger partial charge in [-0.15, -0.1) is 10.2 Å². The fourth-order valence-electron chi connectivity index (χ4n) is 3.39. The van der Waals surface area contributed by atoms with Gasteiger partial charge in [-0.3, -0.25) is 9.55 Å². The SMILES string of the molecule is Fc1ccccc1OCc1nnc(SCCCc2nc(-c3ccncc3)no2)n1-c1ccccc1. The summed E-state index contributed by atoms with van der Waals surface area (Å²) in [7, 11) is 0. The van der Waals surface area contributed by atoms with Gasteiger partial charge in [-0.25, -0.2) is 4.39 Å². The summed E-state index contributed by atoms with van der Waals surface area (Å²) in [5, 5.41) is 13.4. The number of para-hydroxylation sites is 2. The van der Waals surface area contributed by atoms with E-state index in [0.717, 1.165) is 28.6 Å². The van der Waals surface area contributed by atoms with Crippen molar-refractivity contribution < 1.29 is 13.7 Å². The maximum absolute atomic E-state index is 14.0. The van der Waals surface area contributed by atoms with Crippen LogP contribution in [-0.2, 0) is 13.0 Å². The van der Waals surface area contributed by atoms with Gasteiger partial charge in [0.25, 0.3) is 0 Å². The van der Waals surface area contributed by atoms with E-state index in [0.29, 0.717) is 24.0 Å². The van der Waals surface area contributed by atoms with E-state index in [2.05, 4.69) is 25.3 Å². The molecule has 0 N–H and O–H groups in total. The Bertz CT molecular complexity index is 1380. The first kappa shape index (κ1) is 22.7. The zero-order valence-electron chi connectivity index (χ0n) is 18.6. The molecule has 5 rings (SSSR count). The van der Waals surface area contributed by atoms with E-state index >= 15 is 0 Å². The van der Waals surface area contributed by atoms with E-state index in [1.54, 1.807) is 42.4 Å². The van der Waals surface area contributed by atoms with Crippen molar-refractivity contribution >= 4 is 11.8 Å². The van der Waals surface area contributed by atoms with Gasteiger partial charge in [0.05, 0.1) is 0 Å². The summed E-state index contributed by atoms with van der Waals surface area (Å²) in [6, 6.07) is 19.8. The lowest BCUT2D eigenvalue weighted by Gasteiger charge is -2.11. The Hall–Kier alpha value is -4.05. The average Bonchev–Trinajstić information content (AvgIpc) is 3.54. The van der Waals surface area contributed by atoms with Crippen LogP contribution >= 0.6 is 11.8 Å². The van der Waals surface area contributed by atoms with E-state index in [4.69, 9.17) is 9.26 Å². The van der Waals surface area contributed by atoms with Gasteiger partial charge in [-0.2, -0.15) is 4.98 Å². The molecule has 3 heterocycles. The highest BCUT2D eigenvalue weighted by Crippen LogP contribution is 2.25. The van der Waals surface area contributed by atoms with E-state index in [1.165, 1.54) is 6.07 Å². The molecule has 0 spiro atoms. The number of pyridine rings is 1. The first-order chi connectivity index (χ1) is 17.3. The number of aryl methyl sites for hydroxylation is 1. The van der Waals surface area contributed by atoms with Crippen LogP contribution in [0.5, 0.6) is 5.75 Å². The molecule has 0 amide bonds. The van der Waals surface area contributed by atoms with Crippen LogP contribution in [0.15, 0.2) is 88.8 Å². The molecule has 0 unspecified atom stereocenters. The number of hydrogen-bond acceptors (Lipinski definition) is 8. The van der Waals surface area contributed by atoms with Crippen molar-refractivity contribution in [2.24, 2.45) is 0 Å². The Balaban J connectivity index is 1.24. The van der Waals surface area contributed by atoms with E-state index < -0.39 is 5.82 Å². The zero-order chi connectivity index (χ0) is 23.9. The van der Waals surface area contributed by atoms with Gasteiger partial charge in [0.1, 0.15) is 6.61 Å². The normalized spacial score (nSPS) is 11.0. The van der Waals surface area contributed by atoms with Crippen molar-refractivity contribution in [3.63, 3.8) is 0 Å². The minimum absolute atomic E-state index is 0.0865. The Morgan fingerprint density at radius 3 is 2.57 bits per heavy atom. The van der Waals surface area contributed by atoms with E-state index in [-0.39, 0.29) is 12.4 Å². The third-order valence-electron chi connectivity index (χ3n) is 5.08. The number of nitrogens with zero attached hydrogens (tertiary/aromatic N) is 6. The van der Waals surface area contributed by atoms with Crippen LogP contribution in [0.2, 0.25) is 0 Å². The summed E-state index contributed by atoms with van der Waals surface area (Å²) >= 11 is 1.57. The Morgan fingerprint density at radius 2 is 1.74 bits per heavy atom. The number of thioether (sulfide) groups is 1. The van der Waals surface area contributed by atoms with Crippen LogP contribution in [0.3, 0.4) is 0 Å². The number of rotatable bonds is 10. The molecule has 0 atom stereocenters. The third kappa shape index (κ3) is 5.55.